The Labute approximate surface area is 211 Å². The molecule has 0 unspecified atom stereocenters. The zero-order valence-corrected chi connectivity index (χ0v) is 21.7. The number of nitrogens with zero attached hydrogens (tertiary/aromatic N) is 1. The monoisotopic (exact) mass is 504 g/mol. The molecule has 194 valence electrons. The molecule has 1 aromatic heterocycles. The van der Waals surface area contributed by atoms with Gasteiger partial charge in [0, 0.05) is 29.1 Å². The second kappa shape index (κ2) is 8.89. The van der Waals surface area contributed by atoms with Crippen LogP contribution in [0.4, 0.5) is 5.13 Å². The Morgan fingerprint density at radius 1 is 1.17 bits per heavy atom. The number of aliphatic hydroxyl groups excluding tert-OH is 2. The molecule has 5 N–H and O–H groups in total. The van der Waals surface area contributed by atoms with E-state index >= 15 is 0 Å². The van der Waals surface area contributed by atoms with Crippen LogP contribution in [-0.4, -0.2) is 50.2 Å². The molecule has 5 aliphatic carbocycles. The minimum Gasteiger partial charge on any atom is -0.393 e. The molecule has 0 amide bonds. The van der Waals surface area contributed by atoms with Gasteiger partial charge in [0.1, 0.15) is 18.0 Å². The average molecular weight is 505 g/mol. The lowest BCUT2D eigenvalue weighted by Crippen LogP contribution is -2.62. The van der Waals surface area contributed by atoms with E-state index in [9.17, 15) is 24.9 Å². The van der Waals surface area contributed by atoms with E-state index < -0.39 is 23.4 Å². The first-order valence-electron chi connectivity index (χ1n) is 13.3. The van der Waals surface area contributed by atoms with Crippen molar-refractivity contribution in [1.29, 1.82) is 0 Å². The highest BCUT2D eigenvalue weighted by Gasteiger charge is 2.68. The topological polar surface area (TPSA) is 134 Å². The number of nitrogen functional groups attached to an aromatic ring is 1. The number of hydrogen-bond acceptors (Lipinski definition) is 8. The number of carbonyl (C=O) groups excluding carboxylic acids is 2. The number of nitrogens with two attached hydrogens (primary N) is 1. The fraction of sp³-hybridized carbons (Fsp3) is 0.815. The Balaban J connectivity index is 0.000000234. The molecule has 5 fully saturated rings. The summed E-state index contributed by atoms with van der Waals surface area (Å²) in [4.78, 5) is 29.9. The van der Waals surface area contributed by atoms with Crippen molar-refractivity contribution >= 4 is 28.0 Å². The van der Waals surface area contributed by atoms with Crippen LogP contribution in [0.5, 0.6) is 0 Å². The number of aromatic nitrogens is 1. The molecule has 6 rings (SSSR count). The lowest BCUT2D eigenvalue weighted by molar-refractivity contribution is -0.180. The number of hydrogen-bond donors (Lipinski definition) is 4. The third kappa shape index (κ3) is 3.99. The Kier molecular flexibility index (Phi) is 6.43. The molecule has 7 nitrogen and oxygen atoms in total. The van der Waals surface area contributed by atoms with E-state index in [0.717, 1.165) is 44.4 Å². The molecule has 0 saturated heterocycles. The van der Waals surface area contributed by atoms with E-state index in [-0.39, 0.29) is 41.5 Å². The van der Waals surface area contributed by atoms with Crippen molar-refractivity contribution in [3.8, 4) is 0 Å². The molecule has 5 aliphatic rings. The maximum atomic E-state index is 13.4. The van der Waals surface area contributed by atoms with Crippen LogP contribution < -0.4 is 5.73 Å². The van der Waals surface area contributed by atoms with Crippen molar-refractivity contribution in [2.75, 3.05) is 12.3 Å². The molecule has 8 heteroatoms. The van der Waals surface area contributed by atoms with E-state index in [1.54, 1.807) is 0 Å². The van der Waals surface area contributed by atoms with Crippen molar-refractivity contribution in [2.24, 2.45) is 34.5 Å². The van der Waals surface area contributed by atoms with Gasteiger partial charge in [0.05, 0.1) is 11.8 Å². The van der Waals surface area contributed by atoms with Gasteiger partial charge in [0.25, 0.3) is 0 Å². The lowest BCUT2D eigenvalue weighted by atomic mass is 9.44. The normalized spacial score (nSPS) is 44.5. The molecule has 0 radical (unpaired) electrons. The van der Waals surface area contributed by atoms with E-state index in [1.807, 2.05) is 6.92 Å². The number of fused-ring (bicyclic) bond motifs is 5. The number of ketones is 2. The standard InChI is InChI=1S/C21H32O5.C6H8N2S/c1-19-7-5-13(23)9-12(19)3-4-14-15-6-8-21(26,17(25)11-22)20(15,2)10-16(24)18(14)19;7-6-8-5(3-9-6)4-1-2-4/h12-15,18,22-23,26H,3-11H2,1-2H3;3-4H,1-2H2,(H2,7,8)/t12-,13-,14+,15+,18-,19+,20+,21+;/m1./s1. The maximum absolute atomic E-state index is 13.4. The minimum absolute atomic E-state index is 0.0154. The number of rotatable bonds is 3. The average Bonchev–Trinajstić information content (AvgIpc) is 3.52. The van der Waals surface area contributed by atoms with Crippen molar-refractivity contribution in [1.82, 2.24) is 4.98 Å². The highest BCUT2D eigenvalue weighted by atomic mass is 32.1. The van der Waals surface area contributed by atoms with Gasteiger partial charge in [-0.3, -0.25) is 9.59 Å². The molecule has 8 atom stereocenters. The van der Waals surface area contributed by atoms with Crippen LogP contribution in [0.15, 0.2) is 5.38 Å². The van der Waals surface area contributed by atoms with E-state index in [4.69, 9.17) is 5.73 Å². The van der Waals surface area contributed by atoms with Crippen molar-refractivity contribution in [3.63, 3.8) is 0 Å². The molecule has 0 spiro atoms. The van der Waals surface area contributed by atoms with E-state index in [2.05, 4.69) is 17.3 Å². The molecular weight excluding hydrogens is 464 g/mol. The van der Waals surface area contributed by atoms with Gasteiger partial charge in [-0.25, -0.2) is 4.98 Å². The van der Waals surface area contributed by atoms with Crippen LogP contribution >= 0.6 is 11.3 Å². The fourth-order valence-electron chi connectivity index (χ4n) is 8.51. The van der Waals surface area contributed by atoms with Gasteiger partial charge in [-0.2, -0.15) is 0 Å². The van der Waals surface area contributed by atoms with Crippen molar-refractivity contribution in [3.05, 3.63) is 11.1 Å². The van der Waals surface area contributed by atoms with Crippen LogP contribution in [0.1, 0.15) is 89.7 Å². The summed E-state index contributed by atoms with van der Waals surface area (Å²) in [6.07, 6.45) is 8.09. The lowest BCUT2D eigenvalue weighted by Gasteiger charge is -2.60. The number of anilines is 1. The molecule has 0 aromatic carbocycles. The summed E-state index contributed by atoms with van der Waals surface area (Å²) in [7, 11) is 0. The Bertz CT molecular complexity index is 994. The highest BCUT2D eigenvalue weighted by Crippen LogP contribution is 2.67. The smallest absolute Gasteiger partial charge is 0.190 e. The fourth-order valence-corrected chi connectivity index (χ4v) is 9.16. The third-order valence-corrected chi connectivity index (χ3v) is 11.3. The van der Waals surface area contributed by atoms with Crippen molar-refractivity contribution < 1.29 is 24.9 Å². The van der Waals surface area contributed by atoms with Crippen LogP contribution in [0, 0.1) is 34.5 Å². The summed E-state index contributed by atoms with van der Waals surface area (Å²) in [5.74, 6) is 1.13. The molecule has 0 aliphatic heterocycles. The quantitative estimate of drug-likeness (QED) is 0.495. The van der Waals surface area contributed by atoms with Gasteiger partial charge in [-0.15, -0.1) is 11.3 Å². The van der Waals surface area contributed by atoms with Crippen LogP contribution in [0.2, 0.25) is 0 Å². The van der Waals surface area contributed by atoms with E-state index in [0.29, 0.717) is 17.5 Å². The zero-order chi connectivity index (χ0) is 25.2. The Hall–Kier alpha value is -1.35. The first kappa shape index (κ1) is 25.3. The molecular formula is C27H40N2O5S. The summed E-state index contributed by atoms with van der Waals surface area (Å²) >= 11 is 1.54. The third-order valence-electron chi connectivity index (χ3n) is 10.6. The predicted octanol–water partition coefficient (Wildman–Crippen LogP) is 3.46. The highest BCUT2D eigenvalue weighted by molar-refractivity contribution is 7.13. The number of thiazole rings is 1. The van der Waals surface area contributed by atoms with Crippen molar-refractivity contribution in [2.45, 2.75) is 95.7 Å². The summed E-state index contributed by atoms with van der Waals surface area (Å²) in [5, 5.41) is 33.4. The van der Waals surface area contributed by atoms with Crippen LogP contribution in [0.3, 0.4) is 0 Å². The molecule has 0 bridgehead atoms. The summed E-state index contributed by atoms with van der Waals surface area (Å²) in [6, 6.07) is 0. The Morgan fingerprint density at radius 2 is 1.91 bits per heavy atom. The second-order valence-electron chi connectivity index (χ2n) is 12.4. The van der Waals surface area contributed by atoms with Gasteiger partial charge >= 0.3 is 0 Å². The first-order chi connectivity index (χ1) is 16.5. The summed E-state index contributed by atoms with van der Waals surface area (Å²) < 4.78 is 0. The summed E-state index contributed by atoms with van der Waals surface area (Å²) in [6.45, 7) is 3.46. The maximum Gasteiger partial charge on any atom is 0.190 e. The predicted molar refractivity (Wildman–Crippen MR) is 134 cm³/mol. The van der Waals surface area contributed by atoms with Crippen LogP contribution in [0.25, 0.3) is 0 Å². The summed E-state index contributed by atoms with van der Waals surface area (Å²) in [5.41, 5.74) is 4.25. The van der Waals surface area contributed by atoms with Gasteiger partial charge in [-0.1, -0.05) is 13.8 Å². The first-order valence-corrected chi connectivity index (χ1v) is 14.2. The number of carbonyl (C=O) groups is 2. The molecule has 1 heterocycles. The SMILES string of the molecule is C[C@]12CC[C@@H](O)C[C@H]1CC[C@@H]1[C@@H]2C(=O)C[C@@]2(C)[C@H]1CC[C@]2(O)C(=O)CO.Nc1nc(C2CC2)cs1. The number of Topliss-reactive ketones (excluding diaryl/α,β-unsaturated/α-hetero) is 2. The van der Waals surface area contributed by atoms with Gasteiger partial charge in [-0.05, 0) is 81.0 Å². The largest absolute Gasteiger partial charge is 0.393 e. The van der Waals surface area contributed by atoms with Gasteiger partial charge in [0.15, 0.2) is 10.9 Å². The van der Waals surface area contributed by atoms with Crippen LogP contribution in [-0.2, 0) is 9.59 Å². The molecule has 1 aromatic rings. The molecule has 35 heavy (non-hydrogen) atoms. The Morgan fingerprint density at radius 3 is 2.54 bits per heavy atom. The van der Waals surface area contributed by atoms with E-state index in [1.165, 1.54) is 29.9 Å². The minimum atomic E-state index is -1.58. The second-order valence-corrected chi connectivity index (χ2v) is 13.3. The number of aliphatic hydroxyl groups is 3. The zero-order valence-electron chi connectivity index (χ0n) is 20.9. The molecule has 5 saturated carbocycles. The van der Waals surface area contributed by atoms with Gasteiger partial charge in [0.2, 0.25) is 0 Å². The van der Waals surface area contributed by atoms with Gasteiger partial charge < -0.3 is 21.1 Å².